The summed E-state index contributed by atoms with van der Waals surface area (Å²) in [5, 5.41) is 11.6. The molecule has 1 saturated heterocycles. The molecule has 2 atom stereocenters. The molecule has 1 aromatic rings. The normalized spacial score (nSPS) is 18.3. The van der Waals surface area contributed by atoms with Crippen molar-refractivity contribution in [1.82, 2.24) is 9.62 Å². The van der Waals surface area contributed by atoms with Gasteiger partial charge in [0.1, 0.15) is 0 Å². The zero-order valence-corrected chi connectivity index (χ0v) is 15.0. The number of nitrogens with one attached hydrogen (secondary N) is 1. The van der Waals surface area contributed by atoms with E-state index in [2.05, 4.69) is 5.32 Å². The van der Waals surface area contributed by atoms with Gasteiger partial charge in [-0.3, -0.25) is 9.59 Å². The molecule has 8 nitrogen and oxygen atoms in total. The number of morpholine rings is 1. The van der Waals surface area contributed by atoms with Crippen LogP contribution in [0.1, 0.15) is 24.2 Å². The largest absolute Gasteiger partial charge is 0.481 e. The summed E-state index contributed by atoms with van der Waals surface area (Å²) in [5.41, 5.74) is -0.00145. The summed E-state index contributed by atoms with van der Waals surface area (Å²) in [6, 6.07) is 5.27. The Kier molecular flexibility index (Phi) is 6.15. The van der Waals surface area contributed by atoms with Crippen molar-refractivity contribution in [2.45, 2.75) is 24.8 Å². The lowest BCUT2D eigenvalue weighted by Gasteiger charge is -2.27. The molecule has 0 aromatic heterocycles. The number of ether oxygens (including phenoxy) is 1. The lowest BCUT2D eigenvalue weighted by Crippen LogP contribution is -2.43. The molecular weight excluding hydrogens is 348 g/mol. The highest BCUT2D eigenvalue weighted by atomic mass is 32.2. The first-order chi connectivity index (χ1) is 11.7. The fourth-order valence-electron chi connectivity index (χ4n) is 2.43. The number of aliphatic carboxylic acids is 1. The summed E-state index contributed by atoms with van der Waals surface area (Å²) in [5.74, 6) is -2.46. The lowest BCUT2D eigenvalue weighted by atomic mass is 10.0. The Morgan fingerprint density at radius 2 is 1.80 bits per heavy atom. The van der Waals surface area contributed by atoms with Gasteiger partial charge in [0, 0.05) is 19.1 Å². The van der Waals surface area contributed by atoms with E-state index >= 15 is 0 Å². The van der Waals surface area contributed by atoms with Crippen molar-refractivity contribution in [3.8, 4) is 0 Å². The van der Waals surface area contributed by atoms with Crippen LogP contribution < -0.4 is 5.32 Å². The van der Waals surface area contributed by atoms with Crippen molar-refractivity contribution in [3.05, 3.63) is 29.8 Å². The minimum atomic E-state index is -3.83. The number of amides is 1. The topological polar surface area (TPSA) is 113 Å². The van der Waals surface area contributed by atoms with Gasteiger partial charge in [-0.15, -0.1) is 0 Å². The molecule has 138 valence electrons. The van der Waals surface area contributed by atoms with Crippen molar-refractivity contribution < 1.29 is 27.9 Å². The molecule has 2 N–H and O–H groups in total. The zero-order valence-electron chi connectivity index (χ0n) is 14.1. The predicted molar refractivity (Wildman–Crippen MR) is 89.7 cm³/mol. The molecule has 0 bridgehead atoms. The molecule has 9 heteroatoms. The minimum absolute atomic E-state index is 0.00145. The highest BCUT2D eigenvalue weighted by molar-refractivity contribution is 7.89. The average Bonchev–Trinajstić information content (AvgIpc) is 2.61. The molecule has 0 aliphatic carbocycles. The van der Waals surface area contributed by atoms with Crippen LogP contribution >= 0.6 is 0 Å². The van der Waals surface area contributed by atoms with E-state index in [4.69, 9.17) is 9.84 Å². The van der Waals surface area contributed by atoms with Crippen LogP contribution in [-0.2, 0) is 19.6 Å². The molecule has 25 heavy (non-hydrogen) atoms. The summed E-state index contributed by atoms with van der Waals surface area (Å²) in [6.45, 7) is 4.11. The second kappa shape index (κ2) is 7.94. The van der Waals surface area contributed by atoms with Crippen LogP contribution in [0.25, 0.3) is 0 Å². The van der Waals surface area contributed by atoms with Crippen LogP contribution in [0.3, 0.4) is 0 Å². The molecular formula is C16H22N2O6S. The number of carboxylic acid groups (broad SMARTS) is 1. The number of hydrogen-bond acceptors (Lipinski definition) is 5. The van der Waals surface area contributed by atoms with Gasteiger partial charge in [0.25, 0.3) is 5.91 Å². The fourth-order valence-corrected chi connectivity index (χ4v) is 4.03. The van der Waals surface area contributed by atoms with Crippen LogP contribution in [0.2, 0.25) is 0 Å². The highest BCUT2D eigenvalue weighted by Crippen LogP contribution is 2.21. The minimum Gasteiger partial charge on any atom is -0.481 e. The number of carbonyl (C=O) groups excluding carboxylic acids is 1. The molecule has 2 unspecified atom stereocenters. The SMILES string of the molecule is CC(NC(=O)c1ccccc1S(=O)(=O)N1CCOCC1)C(C)C(=O)O. The maximum Gasteiger partial charge on any atom is 0.308 e. The molecule has 1 aliphatic rings. The van der Waals surface area contributed by atoms with Crippen LogP contribution in [0, 0.1) is 5.92 Å². The third-order valence-corrected chi connectivity index (χ3v) is 6.17. The number of hydrogen-bond donors (Lipinski definition) is 2. The second-order valence-electron chi connectivity index (χ2n) is 5.90. The van der Waals surface area contributed by atoms with Gasteiger partial charge < -0.3 is 15.2 Å². The molecule has 1 heterocycles. The van der Waals surface area contributed by atoms with E-state index < -0.39 is 33.9 Å². The van der Waals surface area contributed by atoms with Gasteiger partial charge in [-0.2, -0.15) is 4.31 Å². The van der Waals surface area contributed by atoms with Crippen molar-refractivity contribution in [2.75, 3.05) is 26.3 Å². The molecule has 0 radical (unpaired) electrons. The maximum absolute atomic E-state index is 12.8. The molecule has 2 rings (SSSR count). The smallest absolute Gasteiger partial charge is 0.308 e. The van der Waals surface area contributed by atoms with Gasteiger partial charge in [0.15, 0.2) is 0 Å². The van der Waals surface area contributed by atoms with E-state index in [1.807, 2.05) is 0 Å². The Labute approximate surface area is 146 Å². The third-order valence-electron chi connectivity index (χ3n) is 4.22. The summed E-state index contributed by atoms with van der Waals surface area (Å²) in [4.78, 5) is 23.5. The quantitative estimate of drug-likeness (QED) is 0.756. The van der Waals surface area contributed by atoms with Gasteiger partial charge in [-0.25, -0.2) is 8.42 Å². The van der Waals surface area contributed by atoms with E-state index in [1.54, 1.807) is 19.1 Å². The predicted octanol–water partition coefficient (Wildman–Crippen LogP) is 0.547. The van der Waals surface area contributed by atoms with E-state index in [-0.39, 0.29) is 23.5 Å². The van der Waals surface area contributed by atoms with E-state index in [0.717, 1.165) is 0 Å². The maximum atomic E-state index is 12.8. The van der Waals surface area contributed by atoms with E-state index in [0.29, 0.717) is 13.2 Å². The van der Waals surface area contributed by atoms with Crippen molar-refractivity contribution >= 4 is 21.9 Å². The zero-order chi connectivity index (χ0) is 18.6. The molecule has 1 aliphatic heterocycles. The van der Waals surface area contributed by atoms with Gasteiger partial charge in [0.2, 0.25) is 10.0 Å². The Balaban J connectivity index is 2.28. The fraction of sp³-hybridized carbons (Fsp3) is 0.500. The highest BCUT2D eigenvalue weighted by Gasteiger charge is 2.31. The number of benzene rings is 1. The van der Waals surface area contributed by atoms with Crippen LogP contribution in [0.15, 0.2) is 29.2 Å². The number of sulfonamides is 1. The van der Waals surface area contributed by atoms with Crippen LogP contribution in [0.4, 0.5) is 0 Å². The van der Waals surface area contributed by atoms with Crippen molar-refractivity contribution in [2.24, 2.45) is 5.92 Å². The molecule has 0 saturated carbocycles. The van der Waals surface area contributed by atoms with Crippen LogP contribution in [0.5, 0.6) is 0 Å². The molecule has 0 spiro atoms. The molecule has 1 aromatic carbocycles. The summed E-state index contributed by atoms with van der Waals surface area (Å²) in [6.07, 6.45) is 0. The first-order valence-electron chi connectivity index (χ1n) is 7.95. The van der Waals surface area contributed by atoms with E-state index in [9.17, 15) is 18.0 Å². The average molecular weight is 370 g/mol. The summed E-state index contributed by atoms with van der Waals surface area (Å²) in [7, 11) is -3.83. The lowest BCUT2D eigenvalue weighted by molar-refractivity contribution is -0.141. The number of rotatable bonds is 6. The van der Waals surface area contributed by atoms with Gasteiger partial charge in [-0.05, 0) is 26.0 Å². The Morgan fingerprint density at radius 1 is 1.20 bits per heavy atom. The third kappa shape index (κ3) is 4.36. The molecule has 1 amide bonds. The monoisotopic (exact) mass is 370 g/mol. The Bertz CT molecular complexity index is 743. The first-order valence-corrected chi connectivity index (χ1v) is 9.39. The summed E-state index contributed by atoms with van der Waals surface area (Å²) < 4.78 is 32.1. The van der Waals surface area contributed by atoms with Gasteiger partial charge in [0.05, 0.1) is 29.6 Å². The van der Waals surface area contributed by atoms with Gasteiger partial charge >= 0.3 is 5.97 Å². The second-order valence-corrected chi connectivity index (χ2v) is 7.81. The van der Waals surface area contributed by atoms with Crippen molar-refractivity contribution in [1.29, 1.82) is 0 Å². The molecule has 1 fully saturated rings. The first kappa shape index (κ1) is 19.4. The van der Waals surface area contributed by atoms with E-state index in [1.165, 1.54) is 23.4 Å². The number of carboxylic acids is 1. The Morgan fingerprint density at radius 3 is 2.40 bits per heavy atom. The summed E-state index contributed by atoms with van der Waals surface area (Å²) >= 11 is 0. The number of carbonyl (C=O) groups is 2. The standard InChI is InChI=1S/C16H22N2O6S/c1-11(16(20)21)12(2)17-15(19)13-5-3-4-6-14(13)25(22,23)18-7-9-24-10-8-18/h3-6,11-12H,7-10H2,1-2H3,(H,17,19)(H,20,21). The van der Waals surface area contributed by atoms with Crippen molar-refractivity contribution in [3.63, 3.8) is 0 Å². The van der Waals surface area contributed by atoms with Gasteiger partial charge in [-0.1, -0.05) is 12.1 Å². The Hall–Kier alpha value is -1.97. The number of nitrogens with zero attached hydrogens (tertiary/aromatic N) is 1. The van der Waals surface area contributed by atoms with Crippen LogP contribution in [-0.4, -0.2) is 62.1 Å².